The number of rotatable bonds is 7. The van der Waals surface area contributed by atoms with Crippen molar-refractivity contribution in [1.82, 2.24) is 0 Å². The average Bonchev–Trinajstić information content (AvgIpc) is 2.90. The van der Waals surface area contributed by atoms with E-state index in [0.717, 1.165) is 22.3 Å². The standard InChI is InChI=1S/C28H20Cl2N4O6/c1-15-11-17(3-7-23(15)31-27(35)19-5-9-25(33(37)38)21(29)13-19)18-4-8-24(16(2)12-18)32-28(36)20-6-10-26(34(39)40)22(30)14-20/h3-14H,1-2H3,(H,31,35)(H,32,36). The molecule has 0 atom stereocenters. The summed E-state index contributed by atoms with van der Waals surface area (Å²) in [6.45, 7) is 3.66. The fourth-order valence-electron chi connectivity index (χ4n) is 3.95. The predicted molar refractivity (Wildman–Crippen MR) is 153 cm³/mol. The molecule has 40 heavy (non-hydrogen) atoms. The number of nitrogens with zero attached hydrogens (tertiary/aromatic N) is 2. The maximum atomic E-state index is 12.7. The van der Waals surface area contributed by atoms with E-state index in [1.807, 2.05) is 38.1 Å². The van der Waals surface area contributed by atoms with Crippen molar-refractivity contribution >= 4 is 57.8 Å². The van der Waals surface area contributed by atoms with Crippen molar-refractivity contribution < 1.29 is 19.4 Å². The Bertz CT molecular complexity index is 1580. The molecule has 12 heteroatoms. The molecule has 4 aromatic carbocycles. The molecule has 0 aliphatic carbocycles. The lowest BCUT2D eigenvalue weighted by Crippen LogP contribution is -2.13. The van der Waals surface area contributed by atoms with E-state index in [2.05, 4.69) is 10.6 Å². The Labute approximate surface area is 237 Å². The van der Waals surface area contributed by atoms with Gasteiger partial charge in [-0.25, -0.2) is 0 Å². The van der Waals surface area contributed by atoms with Gasteiger partial charge in [-0.1, -0.05) is 35.3 Å². The van der Waals surface area contributed by atoms with Crippen molar-refractivity contribution in [2.24, 2.45) is 0 Å². The third-order valence-corrected chi connectivity index (χ3v) is 6.70. The van der Waals surface area contributed by atoms with Crippen LogP contribution in [0.4, 0.5) is 22.7 Å². The molecule has 2 amide bonds. The van der Waals surface area contributed by atoms with Crippen LogP contribution in [-0.2, 0) is 0 Å². The lowest BCUT2D eigenvalue weighted by molar-refractivity contribution is -0.384. The number of aryl methyl sites for hydroxylation is 2. The zero-order valence-electron chi connectivity index (χ0n) is 21.0. The molecule has 0 radical (unpaired) electrons. The van der Waals surface area contributed by atoms with Gasteiger partial charge in [0, 0.05) is 34.6 Å². The Morgan fingerprint density at radius 2 is 1.00 bits per heavy atom. The number of nitro benzene ring substituents is 2. The molecule has 0 saturated carbocycles. The van der Waals surface area contributed by atoms with E-state index < -0.39 is 21.7 Å². The first-order valence-electron chi connectivity index (χ1n) is 11.7. The summed E-state index contributed by atoms with van der Waals surface area (Å²) in [6.07, 6.45) is 0. The van der Waals surface area contributed by atoms with Crippen LogP contribution >= 0.6 is 23.2 Å². The molecule has 202 valence electrons. The van der Waals surface area contributed by atoms with Crippen molar-refractivity contribution in [1.29, 1.82) is 0 Å². The van der Waals surface area contributed by atoms with Gasteiger partial charge in [0.1, 0.15) is 10.0 Å². The molecule has 4 rings (SSSR count). The highest BCUT2D eigenvalue weighted by molar-refractivity contribution is 6.33. The molecular weight excluding hydrogens is 559 g/mol. The van der Waals surface area contributed by atoms with E-state index in [-0.39, 0.29) is 32.5 Å². The van der Waals surface area contributed by atoms with Crippen LogP contribution in [0, 0.1) is 34.1 Å². The number of carbonyl (C=O) groups excluding carboxylic acids is 2. The molecule has 10 nitrogen and oxygen atoms in total. The number of nitro groups is 2. The molecule has 0 heterocycles. The normalized spacial score (nSPS) is 10.6. The molecule has 0 aliphatic heterocycles. The molecular formula is C28H20Cl2N4O6. The van der Waals surface area contributed by atoms with Gasteiger partial charge in [0.05, 0.1) is 9.85 Å². The summed E-state index contributed by atoms with van der Waals surface area (Å²) in [6, 6.07) is 18.5. The average molecular weight is 579 g/mol. The van der Waals surface area contributed by atoms with E-state index in [1.165, 1.54) is 36.4 Å². The Morgan fingerprint density at radius 3 is 1.30 bits per heavy atom. The number of halogens is 2. The number of hydrogen-bond acceptors (Lipinski definition) is 6. The lowest BCUT2D eigenvalue weighted by atomic mass is 9.99. The molecule has 4 aromatic rings. The minimum Gasteiger partial charge on any atom is -0.322 e. The number of nitrogens with one attached hydrogen (secondary N) is 2. The Morgan fingerprint density at radius 1 is 0.625 bits per heavy atom. The van der Waals surface area contributed by atoms with Gasteiger partial charge in [-0.3, -0.25) is 29.8 Å². The minimum absolute atomic E-state index is 0.128. The summed E-state index contributed by atoms with van der Waals surface area (Å²) < 4.78 is 0. The third kappa shape index (κ3) is 6.09. The fraction of sp³-hybridized carbons (Fsp3) is 0.0714. The molecule has 0 aromatic heterocycles. The van der Waals surface area contributed by atoms with Crippen LogP contribution in [0.3, 0.4) is 0 Å². The van der Waals surface area contributed by atoms with Crippen LogP contribution in [-0.4, -0.2) is 21.7 Å². The van der Waals surface area contributed by atoms with Crippen molar-refractivity contribution in [3.8, 4) is 11.1 Å². The number of amides is 2. The van der Waals surface area contributed by atoms with Crippen molar-refractivity contribution in [2.45, 2.75) is 13.8 Å². The monoisotopic (exact) mass is 578 g/mol. The van der Waals surface area contributed by atoms with Gasteiger partial charge in [0.25, 0.3) is 23.2 Å². The van der Waals surface area contributed by atoms with E-state index in [0.29, 0.717) is 11.4 Å². The highest BCUT2D eigenvalue weighted by Gasteiger charge is 2.18. The topological polar surface area (TPSA) is 144 Å². The lowest BCUT2D eigenvalue weighted by Gasteiger charge is -2.13. The van der Waals surface area contributed by atoms with Crippen molar-refractivity contribution in [3.63, 3.8) is 0 Å². The number of benzene rings is 4. The highest BCUT2D eigenvalue weighted by atomic mass is 35.5. The van der Waals surface area contributed by atoms with Gasteiger partial charge in [-0.2, -0.15) is 0 Å². The molecule has 0 saturated heterocycles. The minimum atomic E-state index is -0.621. The van der Waals surface area contributed by atoms with Gasteiger partial charge in [-0.05, 0) is 84.6 Å². The molecule has 0 spiro atoms. The van der Waals surface area contributed by atoms with Gasteiger partial charge in [0.15, 0.2) is 0 Å². The number of hydrogen-bond donors (Lipinski definition) is 2. The summed E-state index contributed by atoms with van der Waals surface area (Å²) in [5, 5.41) is 27.2. The van der Waals surface area contributed by atoms with Gasteiger partial charge in [-0.15, -0.1) is 0 Å². The Kier molecular flexibility index (Phi) is 8.13. The Balaban J connectivity index is 1.48. The van der Waals surface area contributed by atoms with Crippen LogP contribution in [0.5, 0.6) is 0 Å². The summed E-state index contributed by atoms with van der Waals surface area (Å²) in [5.74, 6) is -0.921. The molecule has 0 aliphatic rings. The fourth-order valence-corrected chi connectivity index (χ4v) is 4.45. The van der Waals surface area contributed by atoms with Crippen LogP contribution in [0.25, 0.3) is 11.1 Å². The van der Waals surface area contributed by atoms with Crippen molar-refractivity contribution in [2.75, 3.05) is 10.6 Å². The molecule has 2 N–H and O–H groups in total. The van der Waals surface area contributed by atoms with Gasteiger partial charge >= 0.3 is 0 Å². The van der Waals surface area contributed by atoms with Crippen molar-refractivity contribution in [3.05, 3.63) is 125 Å². The van der Waals surface area contributed by atoms with E-state index >= 15 is 0 Å². The number of carbonyl (C=O) groups is 2. The van der Waals surface area contributed by atoms with Gasteiger partial charge < -0.3 is 10.6 Å². The summed E-state index contributed by atoms with van der Waals surface area (Å²) in [4.78, 5) is 46.0. The van der Waals surface area contributed by atoms with Crippen LogP contribution in [0.2, 0.25) is 10.0 Å². The van der Waals surface area contributed by atoms with E-state index in [4.69, 9.17) is 23.2 Å². The zero-order valence-corrected chi connectivity index (χ0v) is 22.5. The largest absolute Gasteiger partial charge is 0.322 e. The van der Waals surface area contributed by atoms with E-state index in [1.54, 1.807) is 12.1 Å². The zero-order chi connectivity index (χ0) is 29.1. The van der Waals surface area contributed by atoms with E-state index in [9.17, 15) is 29.8 Å². The predicted octanol–water partition coefficient (Wildman–Crippen LogP) is 7.60. The Hall–Kier alpha value is -4.80. The first-order valence-corrected chi connectivity index (χ1v) is 12.4. The van der Waals surface area contributed by atoms with Crippen LogP contribution in [0.15, 0.2) is 72.8 Å². The van der Waals surface area contributed by atoms with Crippen LogP contribution in [0.1, 0.15) is 31.8 Å². The molecule has 0 fully saturated rings. The smallest absolute Gasteiger partial charge is 0.287 e. The van der Waals surface area contributed by atoms with Gasteiger partial charge in [0.2, 0.25) is 0 Å². The van der Waals surface area contributed by atoms with Crippen LogP contribution < -0.4 is 10.6 Å². The highest BCUT2D eigenvalue weighted by Crippen LogP contribution is 2.30. The molecule has 0 unspecified atom stereocenters. The summed E-state index contributed by atoms with van der Waals surface area (Å²) >= 11 is 11.8. The maximum Gasteiger partial charge on any atom is 0.287 e. The SMILES string of the molecule is Cc1cc(-c2ccc(NC(=O)c3ccc([N+](=O)[O-])c(Cl)c3)c(C)c2)ccc1NC(=O)c1ccc([N+](=O)[O-])c(Cl)c1. The summed E-state index contributed by atoms with van der Waals surface area (Å²) in [7, 11) is 0. The second-order valence-corrected chi connectivity index (χ2v) is 9.63. The maximum absolute atomic E-state index is 12.7. The quantitative estimate of drug-likeness (QED) is 0.170. The second kappa shape index (κ2) is 11.5. The first kappa shape index (κ1) is 28.2. The number of anilines is 2. The summed E-state index contributed by atoms with van der Waals surface area (Å²) in [5.41, 5.74) is 4.23. The third-order valence-electron chi connectivity index (χ3n) is 6.10. The molecule has 0 bridgehead atoms. The second-order valence-electron chi connectivity index (χ2n) is 8.81. The first-order chi connectivity index (χ1) is 18.9.